The van der Waals surface area contributed by atoms with Gasteiger partial charge in [0.1, 0.15) is 12.2 Å². The second kappa shape index (κ2) is 10.2. The van der Waals surface area contributed by atoms with Crippen molar-refractivity contribution in [3.05, 3.63) is 46.1 Å². The number of carbonyl (C=O) groups is 3. The number of ether oxygens (including phenoxy) is 3. The molecule has 1 heterocycles. The second-order valence-electron chi connectivity index (χ2n) is 7.54. The molecule has 0 fully saturated rings. The molecule has 29 heavy (non-hydrogen) atoms. The van der Waals surface area contributed by atoms with Gasteiger partial charge in [-0.25, -0.2) is 9.59 Å². The summed E-state index contributed by atoms with van der Waals surface area (Å²) in [6.45, 7) is 6.99. The summed E-state index contributed by atoms with van der Waals surface area (Å²) in [4.78, 5) is 35.9. The number of hydrogen-bond acceptors (Lipinski definition) is 6. The average Bonchev–Trinajstić information content (AvgIpc) is 2.91. The zero-order chi connectivity index (χ0) is 21.6. The van der Waals surface area contributed by atoms with E-state index >= 15 is 0 Å². The maximum absolute atomic E-state index is 12.2. The molecule has 0 unspecified atom stereocenters. The molecule has 2 rings (SSSR count). The van der Waals surface area contributed by atoms with Crippen LogP contribution in [0.25, 0.3) is 0 Å². The Bertz CT molecular complexity index is 796. The van der Waals surface area contributed by atoms with Gasteiger partial charge in [-0.3, -0.25) is 4.79 Å². The minimum absolute atomic E-state index is 0.327. The molecule has 0 N–H and O–H groups in total. The normalized spacial score (nSPS) is 27.3. The molecular weight excluding hydrogens is 372 g/mol. The zero-order valence-corrected chi connectivity index (χ0v) is 17.9. The predicted molar refractivity (Wildman–Crippen MR) is 109 cm³/mol. The topological polar surface area (TPSA) is 78.9 Å². The number of allylic oxidation sites excluding steroid dienone is 3. The first-order valence-electron chi connectivity index (χ1n) is 9.92. The van der Waals surface area contributed by atoms with Crippen molar-refractivity contribution in [3.8, 4) is 0 Å². The highest BCUT2D eigenvalue weighted by Gasteiger charge is 2.32. The largest absolute Gasteiger partial charge is 0.466 e. The number of hydrogen-bond donors (Lipinski definition) is 0. The summed E-state index contributed by atoms with van der Waals surface area (Å²) >= 11 is 0. The van der Waals surface area contributed by atoms with Crippen LogP contribution in [-0.4, -0.2) is 37.2 Å². The molecule has 2 aliphatic rings. The summed E-state index contributed by atoms with van der Waals surface area (Å²) in [6.07, 6.45) is 7.87. The van der Waals surface area contributed by atoms with Crippen LogP contribution in [0.1, 0.15) is 59.8 Å². The van der Waals surface area contributed by atoms with E-state index < -0.39 is 12.2 Å². The lowest BCUT2D eigenvalue weighted by atomic mass is 9.93. The van der Waals surface area contributed by atoms with E-state index in [1.807, 2.05) is 32.1 Å². The van der Waals surface area contributed by atoms with Crippen LogP contribution in [0.3, 0.4) is 0 Å². The first-order chi connectivity index (χ1) is 13.7. The number of fused-ring (bicyclic) bond motifs is 1. The molecule has 6 nitrogen and oxygen atoms in total. The van der Waals surface area contributed by atoms with E-state index in [0.29, 0.717) is 36.8 Å². The molecule has 1 aliphatic carbocycles. The van der Waals surface area contributed by atoms with Crippen molar-refractivity contribution in [2.75, 3.05) is 7.11 Å². The summed E-state index contributed by atoms with van der Waals surface area (Å²) in [5, 5.41) is 0. The van der Waals surface area contributed by atoms with Crippen LogP contribution in [0.5, 0.6) is 0 Å². The Labute approximate surface area is 172 Å². The van der Waals surface area contributed by atoms with Crippen LogP contribution in [0, 0.1) is 0 Å². The standard InChI is InChI=1S/C23H30O6/c1-14-8-6-10-18(23(26)27-5)11-7-9-15(2)20(28-17(4)24)13-19-16(3)22(25)29-21(19)12-14/h9-10,12,20-21H,6-8,11,13H2,1-5H3/b14-12+,15-9-,18-10?/t20-,21-/m0/s1. The van der Waals surface area contributed by atoms with Gasteiger partial charge in [0.2, 0.25) is 0 Å². The zero-order valence-electron chi connectivity index (χ0n) is 17.9. The van der Waals surface area contributed by atoms with Crippen molar-refractivity contribution < 1.29 is 28.6 Å². The third kappa shape index (κ3) is 6.17. The van der Waals surface area contributed by atoms with Crippen LogP contribution < -0.4 is 0 Å². The quantitative estimate of drug-likeness (QED) is 0.393. The average molecular weight is 402 g/mol. The fourth-order valence-corrected chi connectivity index (χ4v) is 3.54. The van der Waals surface area contributed by atoms with Gasteiger partial charge in [-0.2, -0.15) is 0 Å². The van der Waals surface area contributed by atoms with Gasteiger partial charge in [-0.1, -0.05) is 17.7 Å². The molecule has 0 spiro atoms. The summed E-state index contributed by atoms with van der Waals surface area (Å²) in [5.41, 5.74) is 3.98. The Kier molecular flexibility index (Phi) is 8.00. The van der Waals surface area contributed by atoms with E-state index in [0.717, 1.165) is 23.1 Å². The number of esters is 3. The van der Waals surface area contributed by atoms with Gasteiger partial charge in [-0.05, 0) is 63.7 Å². The van der Waals surface area contributed by atoms with Crippen molar-refractivity contribution in [1.29, 1.82) is 0 Å². The molecule has 0 saturated heterocycles. The highest BCUT2D eigenvalue weighted by atomic mass is 16.6. The van der Waals surface area contributed by atoms with E-state index in [2.05, 4.69) is 0 Å². The lowest BCUT2D eigenvalue weighted by Crippen LogP contribution is -2.21. The third-order valence-electron chi connectivity index (χ3n) is 5.28. The molecule has 2 atom stereocenters. The van der Waals surface area contributed by atoms with Gasteiger partial charge in [0, 0.05) is 24.5 Å². The Balaban J connectivity index is 2.42. The van der Waals surface area contributed by atoms with E-state index in [1.54, 1.807) is 6.92 Å². The van der Waals surface area contributed by atoms with E-state index in [1.165, 1.54) is 14.0 Å². The summed E-state index contributed by atoms with van der Waals surface area (Å²) in [7, 11) is 1.38. The third-order valence-corrected chi connectivity index (χ3v) is 5.28. The summed E-state index contributed by atoms with van der Waals surface area (Å²) in [6, 6.07) is 0. The van der Waals surface area contributed by atoms with Crippen LogP contribution in [0.15, 0.2) is 46.1 Å². The van der Waals surface area contributed by atoms with Gasteiger partial charge in [-0.15, -0.1) is 0 Å². The molecule has 0 saturated carbocycles. The minimum atomic E-state index is -0.489. The van der Waals surface area contributed by atoms with Gasteiger partial charge >= 0.3 is 17.9 Å². The van der Waals surface area contributed by atoms with Gasteiger partial charge in [0.05, 0.1) is 7.11 Å². The number of carbonyl (C=O) groups excluding carboxylic acids is 3. The molecule has 158 valence electrons. The lowest BCUT2D eigenvalue weighted by Gasteiger charge is -2.21. The minimum Gasteiger partial charge on any atom is -0.466 e. The van der Waals surface area contributed by atoms with Crippen molar-refractivity contribution in [3.63, 3.8) is 0 Å². The number of rotatable bonds is 2. The van der Waals surface area contributed by atoms with Crippen molar-refractivity contribution in [2.24, 2.45) is 0 Å². The van der Waals surface area contributed by atoms with Gasteiger partial charge in [0.25, 0.3) is 0 Å². The molecule has 0 radical (unpaired) electrons. The smallest absolute Gasteiger partial charge is 0.334 e. The maximum atomic E-state index is 12.2. The predicted octanol–water partition coefficient (Wildman–Crippen LogP) is 4.12. The fourth-order valence-electron chi connectivity index (χ4n) is 3.54. The number of methoxy groups -OCH3 is 1. The van der Waals surface area contributed by atoms with Crippen LogP contribution in [0.2, 0.25) is 0 Å². The molecule has 0 bridgehead atoms. The van der Waals surface area contributed by atoms with Crippen LogP contribution in [-0.2, 0) is 28.6 Å². The second-order valence-corrected chi connectivity index (χ2v) is 7.54. The van der Waals surface area contributed by atoms with Gasteiger partial charge in [0.15, 0.2) is 0 Å². The SMILES string of the molecule is COC(=O)C1=CCC/C(C)=C/[C@@H]2OC(=O)C(C)=C2C[C@H](OC(C)=O)/C(C)=C\CC1. The first kappa shape index (κ1) is 22.7. The Morgan fingerprint density at radius 1 is 1.10 bits per heavy atom. The van der Waals surface area contributed by atoms with Crippen LogP contribution in [0.4, 0.5) is 0 Å². The molecule has 0 amide bonds. The highest BCUT2D eigenvalue weighted by molar-refractivity contribution is 5.92. The van der Waals surface area contributed by atoms with Gasteiger partial charge < -0.3 is 14.2 Å². The summed E-state index contributed by atoms with van der Waals surface area (Å²) < 4.78 is 16.0. The Morgan fingerprint density at radius 3 is 2.45 bits per heavy atom. The van der Waals surface area contributed by atoms with E-state index in [-0.39, 0.29) is 17.9 Å². The molecule has 6 heteroatoms. The van der Waals surface area contributed by atoms with E-state index in [9.17, 15) is 14.4 Å². The van der Waals surface area contributed by atoms with Crippen LogP contribution >= 0.6 is 0 Å². The van der Waals surface area contributed by atoms with Crippen molar-refractivity contribution in [2.45, 2.75) is 72.0 Å². The first-order valence-corrected chi connectivity index (χ1v) is 9.92. The van der Waals surface area contributed by atoms with Crippen molar-refractivity contribution in [1.82, 2.24) is 0 Å². The molecule has 0 aromatic heterocycles. The lowest BCUT2D eigenvalue weighted by molar-refractivity contribution is -0.145. The molecule has 0 aromatic carbocycles. The maximum Gasteiger partial charge on any atom is 0.334 e. The Morgan fingerprint density at radius 2 is 1.79 bits per heavy atom. The molecular formula is C23H30O6. The van der Waals surface area contributed by atoms with Crippen molar-refractivity contribution >= 4 is 17.9 Å². The molecule has 0 aromatic rings. The fraction of sp³-hybridized carbons (Fsp3) is 0.522. The Hall–Kier alpha value is -2.63. The molecule has 1 aliphatic heterocycles. The highest BCUT2D eigenvalue weighted by Crippen LogP contribution is 2.31. The summed E-state index contributed by atoms with van der Waals surface area (Å²) in [5.74, 6) is -1.05. The van der Waals surface area contributed by atoms with E-state index in [4.69, 9.17) is 14.2 Å². The monoisotopic (exact) mass is 402 g/mol.